The highest BCUT2D eigenvalue weighted by atomic mass is 127. The van der Waals surface area contributed by atoms with Crippen molar-refractivity contribution in [2.24, 2.45) is 29.6 Å². The average molecular weight is 1320 g/mol. The zero-order chi connectivity index (χ0) is 50.2. The van der Waals surface area contributed by atoms with Gasteiger partial charge in [-0.15, -0.1) is 0 Å². The van der Waals surface area contributed by atoms with E-state index in [4.69, 9.17) is 14.2 Å². The lowest BCUT2D eigenvalue weighted by Gasteiger charge is -2.46. The number of hydrogen-bond donors (Lipinski definition) is 7. The van der Waals surface area contributed by atoms with Gasteiger partial charge in [0.15, 0.2) is 5.78 Å². The highest BCUT2D eigenvalue weighted by molar-refractivity contribution is 14.1. The molecule has 6 rings (SSSR count). The molecular weight excluding hydrogens is 1240 g/mol. The standard InChI is InChI=1S/C51H75I3N4O12/c52-39-27-34(12-16-42(39)61)69-49-40(53)21-30(22-41(49)54)23-45(62)55-17-5-1-2-6-18-56-46(63)28-68-29-47(64)57-19-7-3-4-8-20-58-50(65)31-9-13-35(38(24-31)51(66)67)48-36-14-10-32(59)25-43(36)70-44-26-33(60)11-15-37(44)48/h10,14,25,30-31,33-35,37-42,44,49,60-61H,1-9,11-13,15-24,26-29H2,(H,55,62)(H,56,63)(H,57,64)(H,58,65)(H,66,67). The van der Waals surface area contributed by atoms with Crippen LogP contribution in [0.3, 0.4) is 0 Å². The summed E-state index contributed by atoms with van der Waals surface area (Å²) < 4.78 is 19.0. The van der Waals surface area contributed by atoms with E-state index in [1.807, 2.05) is 0 Å². The molecule has 70 heavy (non-hydrogen) atoms. The molecule has 0 spiro atoms. The molecule has 6 aliphatic rings. The lowest BCUT2D eigenvalue weighted by atomic mass is 9.63. The number of fused-ring (bicyclic) bond motifs is 2. The number of ketones is 1. The Bertz CT molecular complexity index is 1890. The minimum atomic E-state index is -0.933. The number of ether oxygens (including phenoxy) is 3. The molecule has 16 nitrogen and oxygen atoms in total. The number of aliphatic hydroxyl groups is 2. The summed E-state index contributed by atoms with van der Waals surface area (Å²) in [4.78, 5) is 75.3. The number of nitrogens with one attached hydrogen (secondary N) is 4. The van der Waals surface area contributed by atoms with Crippen molar-refractivity contribution < 1.29 is 58.3 Å². The molecule has 7 N–H and O–H groups in total. The second-order valence-electron chi connectivity index (χ2n) is 20.3. The van der Waals surface area contributed by atoms with E-state index in [-0.39, 0.29) is 89.2 Å². The Kier molecular flexibility index (Phi) is 24.0. The molecule has 5 aliphatic carbocycles. The fraction of sp³-hybridized carbons (Fsp3) is 0.765. The summed E-state index contributed by atoms with van der Waals surface area (Å²) in [6, 6.07) is 0. The van der Waals surface area contributed by atoms with Gasteiger partial charge in [0.25, 0.3) is 0 Å². The fourth-order valence-electron chi connectivity index (χ4n) is 11.2. The second kappa shape index (κ2) is 29.2. The van der Waals surface area contributed by atoms with Crippen LogP contribution in [0, 0.1) is 29.6 Å². The van der Waals surface area contributed by atoms with Crippen LogP contribution in [0.25, 0.3) is 0 Å². The normalized spacial score (nSPS) is 31.9. The van der Waals surface area contributed by atoms with E-state index in [2.05, 4.69) is 89.0 Å². The maximum Gasteiger partial charge on any atom is 0.307 e. The average Bonchev–Trinajstić information content (AvgIpc) is 3.31. The van der Waals surface area contributed by atoms with Crippen molar-refractivity contribution in [3.05, 3.63) is 35.1 Å². The summed E-state index contributed by atoms with van der Waals surface area (Å²) in [5.74, 6) is -2.40. The summed E-state index contributed by atoms with van der Waals surface area (Å²) in [5.41, 5.74) is 1.77. The topological polar surface area (TPSA) is 239 Å². The lowest BCUT2D eigenvalue weighted by Crippen LogP contribution is -2.45. The van der Waals surface area contributed by atoms with E-state index < -0.39 is 23.9 Å². The van der Waals surface area contributed by atoms with Gasteiger partial charge in [-0.2, -0.15) is 0 Å². The number of hydrogen-bond acceptors (Lipinski definition) is 11. The number of rotatable bonds is 25. The number of allylic oxidation sites excluding steroid dienone is 3. The largest absolute Gasteiger partial charge is 0.489 e. The number of aliphatic hydroxyl groups excluding tert-OH is 2. The molecule has 19 heteroatoms. The molecule has 0 bridgehead atoms. The van der Waals surface area contributed by atoms with Gasteiger partial charge in [0.05, 0.1) is 30.3 Å². The molecule has 4 amide bonds. The van der Waals surface area contributed by atoms with Crippen LogP contribution in [0.4, 0.5) is 0 Å². The molecule has 0 aromatic carbocycles. The number of carboxylic acid groups (broad SMARTS) is 1. The Morgan fingerprint density at radius 3 is 1.87 bits per heavy atom. The van der Waals surface area contributed by atoms with E-state index >= 15 is 0 Å². The molecule has 1 heterocycles. The van der Waals surface area contributed by atoms with Crippen LogP contribution >= 0.6 is 67.8 Å². The summed E-state index contributed by atoms with van der Waals surface area (Å²) >= 11 is 7.34. The van der Waals surface area contributed by atoms with Crippen molar-refractivity contribution in [2.75, 3.05) is 39.4 Å². The molecular formula is C51H75I3N4O12. The van der Waals surface area contributed by atoms with Crippen molar-refractivity contribution in [3.63, 3.8) is 0 Å². The Balaban J connectivity index is 0.730. The van der Waals surface area contributed by atoms with Crippen molar-refractivity contribution in [2.45, 2.75) is 171 Å². The second-order valence-corrected chi connectivity index (χ2v) is 25.1. The molecule has 4 fully saturated rings. The van der Waals surface area contributed by atoms with E-state index in [0.29, 0.717) is 84.2 Å². The van der Waals surface area contributed by atoms with Gasteiger partial charge in [-0.1, -0.05) is 93.5 Å². The number of aliphatic carboxylic acids is 1. The van der Waals surface area contributed by atoms with Gasteiger partial charge < -0.3 is 50.8 Å². The zero-order valence-corrected chi connectivity index (χ0v) is 46.7. The van der Waals surface area contributed by atoms with Crippen LogP contribution in [0.1, 0.15) is 128 Å². The van der Waals surface area contributed by atoms with Crippen molar-refractivity contribution in [3.8, 4) is 0 Å². The molecule has 4 saturated carbocycles. The smallest absolute Gasteiger partial charge is 0.307 e. The Hall–Kier alpha value is -1.93. The first kappa shape index (κ1) is 57.4. The monoisotopic (exact) mass is 1320 g/mol. The third kappa shape index (κ3) is 17.6. The van der Waals surface area contributed by atoms with Crippen molar-refractivity contribution in [1.82, 2.24) is 21.3 Å². The summed E-state index contributed by atoms with van der Waals surface area (Å²) in [6.07, 6.45) is 18.9. The number of carbonyl (C=O) groups excluding carboxylic acids is 5. The maximum absolute atomic E-state index is 13.2. The minimum absolute atomic E-state index is 0.0471. The molecule has 11 unspecified atom stereocenters. The first-order chi connectivity index (χ1) is 33.7. The summed E-state index contributed by atoms with van der Waals surface area (Å²) in [5, 5.41) is 42.6. The fourth-order valence-corrected chi connectivity index (χ4v) is 15.7. The number of unbranched alkanes of at least 4 members (excludes halogenated alkanes) is 6. The third-order valence-electron chi connectivity index (χ3n) is 14.9. The van der Waals surface area contributed by atoms with Crippen molar-refractivity contribution in [1.29, 1.82) is 0 Å². The Morgan fingerprint density at radius 2 is 1.26 bits per heavy atom. The van der Waals surface area contributed by atoms with Crippen LogP contribution < -0.4 is 21.3 Å². The lowest BCUT2D eigenvalue weighted by molar-refractivity contribution is -0.146. The van der Waals surface area contributed by atoms with Gasteiger partial charge in [0.2, 0.25) is 23.6 Å². The Labute approximate surface area is 454 Å². The molecule has 0 saturated heterocycles. The number of alkyl halides is 3. The van der Waals surface area contributed by atoms with Crippen LogP contribution in [0.15, 0.2) is 35.1 Å². The van der Waals surface area contributed by atoms with Crippen LogP contribution in [-0.2, 0) is 43.0 Å². The van der Waals surface area contributed by atoms with Crippen LogP contribution in [-0.4, -0.2) is 132 Å². The van der Waals surface area contributed by atoms with Crippen LogP contribution in [0.5, 0.6) is 0 Å². The van der Waals surface area contributed by atoms with Gasteiger partial charge in [-0.25, -0.2) is 0 Å². The number of carboxylic acids is 1. The van der Waals surface area contributed by atoms with Gasteiger partial charge in [0.1, 0.15) is 25.1 Å². The molecule has 1 aliphatic heterocycles. The highest BCUT2D eigenvalue weighted by Gasteiger charge is 2.48. The van der Waals surface area contributed by atoms with Crippen molar-refractivity contribution >= 4 is 103 Å². The van der Waals surface area contributed by atoms with E-state index in [1.165, 1.54) is 12.2 Å². The zero-order valence-electron chi connectivity index (χ0n) is 40.3. The number of halogens is 3. The molecule has 0 aromatic rings. The quantitative estimate of drug-likeness (QED) is 0.0312. The van der Waals surface area contributed by atoms with Gasteiger partial charge in [-0.05, 0) is 119 Å². The van der Waals surface area contributed by atoms with Gasteiger partial charge >= 0.3 is 5.97 Å². The van der Waals surface area contributed by atoms with E-state index in [1.54, 1.807) is 6.08 Å². The molecule has 0 radical (unpaired) electrons. The van der Waals surface area contributed by atoms with Gasteiger partial charge in [0, 0.05) is 74.3 Å². The molecule has 0 aromatic heterocycles. The SMILES string of the molecule is O=C1C=CC2=C(C3CCC(C(=O)NCCCCCCNC(=O)COCC(=O)NCCCCCCNC(=O)CC4CC(I)C(OC5CCC(O)C(I)C5)C(I)C4)CC3C(=O)O)C3CCC(O)CC3OC2=C1. The minimum Gasteiger partial charge on any atom is -0.489 e. The summed E-state index contributed by atoms with van der Waals surface area (Å²) in [7, 11) is 0. The number of amides is 4. The summed E-state index contributed by atoms with van der Waals surface area (Å²) in [6.45, 7) is 1.72. The molecule has 11 atom stereocenters. The first-order valence-electron chi connectivity index (χ1n) is 25.8. The predicted molar refractivity (Wildman–Crippen MR) is 289 cm³/mol. The van der Waals surface area contributed by atoms with E-state index in [0.717, 1.165) is 94.6 Å². The predicted octanol–water partition coefficient (Wildman–Crippen LogP) is 6.09. The third-order valence-corrected chi connectivity index (χ3v) is 18.7. The molecule has 392 valence electrons. The van der Waals surface area contributed by atoms with Crippen LogP contribution in [0.2, 0.25) is 0 Å². The van der Waals surface area contributed by atoms with Gasteiger partial charge in [-0.3, -0.25) is 28.8 Å². The first-order valence-corrected chi connectivity index (χ1v) is 29.6. The van der Waals surface area contributed by atoms with E-state index in [9.17, 15) is 44.1 Å². The number of carbonyl (C=O) groups is 6. The Morgan fingerprint density at radius 1 is 0.657 bits per heavy atom. The highest BCUT2D eigenvalue weighted by Crippen LogP contribution is 2.51. The maximum atomic E-state index is 13.2.